The Labute approximate surface area is 87.3 Å². The molecule has 84 valence electrons. The summed E-state index contributed by atoms with van der Waals surface area (Å²) in [4.78, 5) is 0. The Morgan fingerprint density at radius 1 is 0.857 bits per heavy atom. The van der Waals surface area contributed by atoms with Crippen LogP contribution in [0, 0.1) is 10.8 Å². The van der Waals surface area contributed by atoms with E-state index in [0.717, 1.165) is 25.7 Å². The number of rotatable bonds is 2. The van der Waals surface area contributed by atoms with Crippen LogP contribution in [0.25, 0.3) is 0 Å². The molecule has 0 bridgehead atoms. The smallest absolute Gasteiger partial charge is 0.0509 e. The zero-order valence-electron chi connectivity index (χ0n) is 9.55. The minimum atomic E-state index is -0.184. The molecule has 0 spiro atoms. The second-order valence-corrected chi connectivity index (χ2v) is 5.69. The van der Waals surface area contributed by atoms with E-state index in [1.807, 2.05) is 0 Å². The Morgan fingerprint density at radius 3 is 1.64 bits per heavy atom. The van der Waals surface area contributed by atoms with E-state index in [2.05, 4.69) is 13.8 Å². The lowest BCUT2D eigenvalue weighted by molar-refractivity contribution is 0.0232. The second-order valence-electron chi connectivity index (χ2n) is 5.69. The van der Waals surface area contributed by atoms with Gasteiger partial charge in [-0.2, -0.15) is 0 Å². The predicted octanol–water partition coefficient (Wildman–Crippen LogP) is 2.34. The summed E-state index contributed by atoms with van der Waals surface area (Å²) in [6.07, 6.45) is 6.65. The average molecular weight is 200 g/mol. The Hall–Kier alpha value is -0.0800. The van der Waals surface area contributed by atoms with Crippen LogP contribution in [-0.4, -0.2) is 23.4 Å². The van der Waals surface area contributed by atoms with Crippen molar-refractivity contribution in [3.8, 4) is 0 Å². The summed E-state index contributed by atoms with van der Waals surface area (Å²) >= 11 is 0. The first-order valence-corrected chi connectivity index (χ1v) is 5.75. The van der Waals surface area contributed by atoms with Crippen LogP contribution >= 0.6 is 0 Å². The summed E-state index contributed by atoms with van der Waals surface area (Å²) in [5, 5.41) is 18.7. The molecule has 2 heteroatoms. The van der Waals surface area contributed by atoms with E-state index in [4.69, 9.17) is 0 Å². The highest BCUT2D eigenvalue weighted by molar-refractivity contribution is 4.83. The van der Waals surface area contributed by atoms with Crippen LogP contribution in [-0.2, 0) is 0 Å². The van der Waals surface area contributed by atoms with Gasteiger partial charge in [0.1, 0.15) is 0 Å². The molecule has 2 N–H and O–H groups in total. The third-order valence-electron chi connectivity index (χ3n) is 3.79. The van der Waals surface area contributed by atoms with Gasteiger partial charge in [0.05, 0.1) is 13.2 Å². The van der Waals surface area contributed by atoms with Gasteiger partial charge in [-0.05, 0) is 31.1 Å². The van der Waals surface area contributed by atoms with Gasteiger partial charge in [0.25, 0.3) is 0 Å². The number of hydrogen-bond donors (Lipinski definition) is 2. The van der Waals surface area contributed by atoms with Crippen molar-refractivity contribution in [2.24, 2.45) is 10.8 Å². The molecule has 0 amide bonds. The van der Waals surface area contributed by atoms with Gasteiger partial charge in [-0.3, -0.25) is 0 Å². The molecule has 1 saturated carbocycles. The normalized spacial score (nSPS) is 26.6. The van der Waals surface area contributed by atoms with E-state index in [1.165, 1.54) is 12.8 Å². The fourth-order valence-corrected chi connectivity index (χ4v) is 2.50. The Kier molecular flexibility index (Phi) is 3.96. The average Bonchev–Trinajstić information content (AvgIpc) is 2.12. The fourth-order valence-electron chi connectivity index (χ4n) is 2.50. The molecule has 0 heterocycles. The van der Waals surface area contributed by atoms with Gasteiger partial charge in [-0.1, -0.05) is 26.7 Å². The number of aliphatic hydroxyl groups is 2. The standard InChI is InChI=1S/C12H24O2/c1-11(2)5-3-7-12(9-13,10-14)8-4-6-11/h13-14H,3-10H2,1-2H3. The lowest BCUT2D eigenvalue weighted by Crippen LogP contribution is -2.32. The molecule has 0 aromatic heterocycles. The molecular weight excluding hydrogens is 176 g/mol. The molecule has 0 aromatic carbocycles. The lowest BCUT2D eigenvalue weighted by Gasteiger charge is -2.36. The highest BCUT2D eigenvalue weighted by Gasteiger charge is 2.32. The number of aliphatic hydroxyl groups excluding tert-OH is 2. The van der Waals surface area contributed by atoms with E-state index in [9.17, 15) is 10.2 Å². The molecule has 1 rings (SSSR count). The van der Waals surface area contributed by atoms with E-state index in [0.29, 0.717) is 5.41 Å². The van der Waals surface area contributed by atoms with Crippen molar-refractivity contribution in [1.82, 2.24) is 0 Å². The van der Waals surface area contributed by atoms with Gasteiger partial charge in [0.2, 0.25) is 0 Å². The largest absolute Gasteiger partial charge is 0.396 e. The van der Waals surface area contributed by atoms with Gasteiger partial charge in [0, 0.05) is 5.41 Å². The first-order chi connectivity index (χ1) is 6.54. The van der Waals surface area contributed by atoms with Gasteiger partial charge in [0.15, 0.2) is 0 Å². The molecule has 0 unspecified atom stereocenters. The van der Waals surface area contributed by atoms with Crippen molar-refractivity contribution in [1.29, 1.82) is 0 Å². The molecule has 0 aromatic rings. The number of hydrogen-bond acceptors (Lipinski definition) is 2. The third-order valence-corrected chi connectivity index (χ3v) is 3.79. The zero-order chi connectivity index (χ0) is 10.7. The highest BCUT2D eigenvalue weighted by atomic mass is 16.3. The van der Waals surface area contributed by atoms with Crippen molar-refractivity contribution in [3.05, 3.63) is 0 Å². The molecule has 1 aliphatic carbocycles. The van der Waals surface area contributed by atoms with Crippen LogP contribution in [0.4, 0.5) is 0 Å². The van der Waals surface area contributed by atoms with Crippen molar-refractivity contribution in [2.45, 2.75) is 52.4 Å². The molecule has 0 aliphatic heterocycles. The van der Waals surface area contributed by atoms with Gasteiger partial charge >= 0.3 is 0 Å². The van der Waals surface area contributed by atoms with Crippen LogP contribution < -0.4 is 0 Å². The van der Waals surface area contributed by atoms with Crippen molar-refractivity contribution < 1.29 is 10.2 Å². The van der Waals surface area contributed by atoms with Gasteiger partial charge < -0.3 is 10.2 Å². The van der Waals surface area contributed by atoms with E-state index in [-0.39, 0.29) is 18.6 Å². The summed E-state index contributed by atoms with van der Waals surface area (Å²) in [6.45, 7) is 4.92. The van der Waals surface area contributed by atoms with Crippen LogP contribution in [0.5, 0.6) is 0 Å². The van der Waals surface area contributed by atoms with Crippen molar-refractivity contribution >= 4 is 0 Å². The SMILES string of the molecule is CC1(C)CCCC(CO)(CO)CCC1. The first-order valence-electron chi connectivity index (χ1n) is 5.75. The van der Waals surface area contributed by atoms with Crippen LogP contribution in [0.3, 0.4) is 0 Å². The molecule has 14 heavy (non-hydrogen) atoms. The second kappa shape index (κ2) is 4.63. The zero-order valence-corrected chi connectivity index (χ0v) is 9.55. The maximum absolute atomic E-state index is 9.33. The maximum Gasteiger partial charge on any atom is 0.0509 e. The monoisotopic (exact) mass is 200 g/mol. The molecule has 0 radical (unpaired) electrons. The van der Waals surface area contributed by atoms with Crippen LogP contribution in [0.2, 0.25) is 0 Å². The van der Waals surface area contributed by atoms with E-state index >= 15 is 0 Å². The molecule has 0 saturated heterocycles. The molecule has 0 atom stereocenters. The van der Waals surface area contributed by atoms with Gasteiger partial charge in [-0.25, -0.2) is 0 Å². The molecule has 2 nitrogen and oxygen atoms in total. The minimum absolute atomic E-state index is 0.143. The Bertz CT molecular complexity index is 157. The summed E-state index contributed by atoms with van der Waals surface area (Å²) in [7, 11) is 0. The topological polar surface area (TPSA) is 40.5 Å². The lowest BCUT2D eigenvalue weighted by atomic mass is 9.71. The summed E-state index contributed by atoms with van der Waals surface area (Å²) in [5.74, 6) is 0. The molecule has 1 aliphatic rings. The highest BCUT2D eigenvalue weighted by Crippen LogP contribution is 2.39. The van der Waals surface area contributed by atoms with Crippen molar-refractivity contribution in [2.75, 3.05) is 13.2 Å². The maximum atomic E-state index is 9.33. The third kappa shape index (κ3) is 2.96. The predicted molar refractivity (Wildman–Crippen MR) is 58.1 cm³/mol. The summed E-state index contributed by atoms with van der Waals surface area (Å²) in [5.41, 5.74) is 0.271. The summed E-state index contributed by atoms with van der Waals surface area (Å²) < 4.78 is 0. The van der Waals surface area contributed by atoms with Crippen LogP contribution in [0.1, 0.15) is 52.4 Å². The fraction of sp³-hybridized carbons (Fsp3) is 1.00. The Morgan fingerprint density at radius 2 is 1.29 bits per heavy atom. The Balaban J connectivity index is 2.55. The van der Waals surface area contributed by atoms with Crippen molar-refractivity contribution in [3.63, 3.8) is 0 Å². The first kappa shape index (κ1) is 12.0. The minimum Gasteiger partial charge on any atom is -0.396 e. The van der Waals surface area contributed by atoms with Crippen LogP contribution in [0.15, 0.2) is 0 Å². The quantitative estimate of drug-likeness (QED) is 0.718. The van der Waals surface area contributed by atoms with E-state index < -0.39 is 0 Å². The van der Waals surface area contributed by atoms with Gasteiger partial charge in [-0.15, -0.1) is 0 Å². The molecular formula is C12H24O2. The molecule has 1 fully saturated rings. The van der Waals surface area contributed by atoms with E-state index in [1.54, 1.807) is 0 Å². The summed E-state index contributed by atoms with van der Waals surface area (Å²) in [6, 6.07) is 0.